The zero-order valence-electron chi connectivity index (χ0n) is 8.69. The van der Waals surface area contributed by atoms with Gasteiger partial charge in [0, 0.05) is 24.8 Å². The molecule has 0 saturated carbocycles. The van der Waals surface area contributed by atoms with Crippen LogP contribution < -0.4 is 0 Å². The second kappa shape index (κ2) is 5.71. The van der Waals surface area contributed by atoms with Gasteiger partial charge < -0.3 is 0 Å². The molecule has 0 bridgehead atoms. The summed E-state index contributed by atoms with van der Waals surface area (Å²) in [6.07, 6.45) is 0.866. The van der Waals surface area contributed by atoms with Gasteiger partial charge in [0.05, 0.1) is 0 Å². The normalized spacial score (nSPS) is 10.2. The van der Waals surface area contributed by atoms with Crippen LogP contribution in [0.1, 0.15) is 10.4 Å². The SMILES string of the molecule is O=Cc1ccc(Br)cc1Sc1ccc(Cl)cc1. The van der Waals surface area contributed by atoms with Crippen molar-refractivity contribution in [2.24, 2.45) is 0 Å². The zero-order chi connectivity index (χ0) is 12.3. The van der Waals surface area contributed by atoms with Gasteiger partial charge in [-0.25, -0.2) is 0 Å². The lowest BCUT2D eigenvalue weighted by atomic mass is 10.2. The number of halogens is 2. The molecular weight excluding hydrogens is 320 g/mol. The molecule has 0 aliphatic carbocycles. The highest BCUT2D eigenvalue weighted by atomic mass is 79.9. The third-order valence-corrected chi connectivity index (χ3v) is 3.97. The molecule has 0 spiro atoms. The maximum absolute atomic E-state index is 10.9. The van der Waals surface area contributed by atoms with Gasteiger partial charge >= 0.3 is 0 Å². The fourth-order valence-electron chi connectivity index (χ4n) is 1.32. The van der Waals surface area contributed by atoms with Gasteiger partial charge in [-0.1, -0.05) is 39.3 Å². The summed E-state index contributed by atoms with van der Waals surface area (Å²) in [6.45, 7) is 0. The first kappa shape index (κ1) is 12.7. The first-order chi connectivity index (χ1) is 8.19. The molecule has 0 atom stereocenters. The molecule has 17 heavy (non-hydrogen) atoms. The molecule has 1 nitrogen and oxygen atoms in total. The van der Waals surface area contributed by atoms with Crippen LogP contribution in [-0.4, -0.2) is 6.29 Å². The summed E-state index contributed by atoms with van der Waals surface area (Å²) in [6, 6.07) is 13.1. The average molecular weight is 328 g/mol. The third kappa shape index (κ3) is 3.35. The number of benzene rings is 2. The van der Waals surface area contributed by atoms with Crippen molar-refractivity contribution in [3.8, 4) is 0 Å². The summed E-state index contributed by atoms with van der Waals surface area (Å²) < 4.78 is 0.958. The Hall–Kier alpha value is -0.770. The van der Waals surface area contributed by atoms with Gasteiger partial charge in [-0.2, -0.15) is 0 Å². The van der Waals surface area contributed by atoms with Crippen molar-refractivity contribution >= 4 is 45.6 Å². The topological polar surface area (TPSA) is 17.1 Å². The van der Waals surface area contributed by atoms with E-state index in [4.69, 9.17) is 11.6 Å². The molecule has 2 aromatic rings. The maximum atomic E-state index is 10.9. The molecule has 0 fully saturated rings. The molecule has 0 aliphatic heterocycles. The number of hydrogen-bond acceptors (Lipinski definition) is 2. The van der Waals surface area contributed by atoms with Crippen LogP contribution in [0.5, 0.6) is 0 Å². The predicted octanol–water partition coefficient (Wildman–Crippen LogP) is 5.07. The number of hydrogen-bond donors (Lipinski definition) is 0. The van der Waals surface area contributed by atoms with Crippen LogP contribution in [0.25, 0.3) is 0 Å². The Bertz CT molecular complexity index is 540. The van der Waals surface area contributed by atoms with E-state index in [2.05, 4.69) is 15.9 Å². The molecule has 0 aliphatic rings. The van der Waals surface area contributed by atoms with E-state index in [9.17, 15) is 4.79 Å². The monoisotopic (exact) mass is 326 g/mol. The summed E-state index contributed by atoms with van der Waals surface area (Å²) in [5, 5.41) is 0.708. The molecule has 0 aromatic heterocycles. The maximum Gasteiger partial charge on any atom is 0.151 e. The zero-order valence-corrected chi connectivity index (χ0v) is 11.8. The second-order valence-electron chi connectivity index (χ2n) is 3.36. The van der Waals surface area contributed by atoms with Crippen LogP contribution in [-0.2, 0) is 0 Å². The van der Waals surface area contributed by atoms with Crippen molar-refractivity contribution in [2.45, 2.75) is 9.79 Å². The van der Waals surface area contributed by atoms with Crippen molar-refractivity contribution in [3.05, 3.63) is 57.5 Å². The Balaban J connectivity index is 2.31. The Morgan fingerprint density at radius 3 is 2.47 bits per heavy atom. The molecule has 0 radical (unpaired) electrons. The van der Waals surface area contributed by atoms with Crippen molar-refractivity contribution in [3.63, 3.8) is 0 Å². The van der Waals surface area contributed by atoms with Crippen LogP contribution in [0.4, 0.5) is 0 Å². The van der Waals surface area contributed by atoms with Gasteiger partial charge in [0.2, 0.25) is 0 Å². The lowest BCUT2D eigenvalue weighted by Crippen LogP contribution is -1.85. The van der Waals surface area contributed by atoms with Crippen LogP contribution in [0.2, 0.25) is 5.02 Å². The standard InChI is InChI=1S/C13H8BrClOS/c14-10-2-1-9(8-16)13(7-10)17-12-5-3-11(15)4-6-12/h1-8H. The van der Waals surface area contributed by atoms with E-state index in [1.165, 1.54) is 0 Å². The molecule has 0 unspecified atom stereocenters. The van der Waals surface area contributed by atoms with Gasteiger partial charge in [0.25, 0.3) is 0 Å². The van der Waals surface area contributed by atoms with Crippen LogP contribution in [0, 0.1) is 0 Å². The summed E-state index contributed by atoms with van der Waals surface area (Å²) in [5.74, 6) is 0. The van der Waals surface area contributed by atoms with E-state index < -0.39 is 0 Å². The number of aldehydes is 1. The number of carbonyl (C=O) groups is 1. The highest BCUT2D eigenvalue weighted by Gasteiger charge is 2.04. The molecule has 4 heteroatoms. The largest absolute Gasteiger partial charge is 0.298 e. The molecule has 2 rings (SSSR count). The van der Waals surface area contributed by atoms with Gasteiger partial charge in [-0.05, 0) is 42.5 Å². The smallest absolute Gasteiger partial charge is 0.151 e. The summed E-state index contributed by atoms with van der Waals surface area (Å²) in [4.78, 5) is 12.9. The summed E-state index contributed by atoms with van der Waals surface area (Å²) in [5.41, 5.74) is 0.688. The molecule has 0 saturated heterocycles. The van der Waals surface area contributed by atoms with Crippen molar-refractivity contribution < 1.29 is 4.79 Å². The summed E-state index contributed by atoms with van der Waals surface area (Å²) >= 11 is 10.8. The lowest BCUT2D eigenvalue weighted by Gasteiger charge is -2.05. The molecule has 0 amide bonds. The van der Waals surface area contributed by atoms with E-state index in [-0.39, 0.29) is 0 Å². The van der Waals surface area contributed by atoms with E-state index >= 15 is 0 Å². The average Bonchev–Trinajstić information content (AvgIpc) is 2.32. The Morgan fingerprint density at radius 1 is 1.12 bits per heavy atom. The highest BCUT2D eigenvalue weighted by molar-refractivity contribution is 9.10. The van der Waals surface area contributed by atoms with E-state index in [0.29, 0.717) is 10.6 Å². The van der Waals surface area contributed by atoms with E-state index in [0.717, 1.165) is 20.5 Å². The van der Waals surface area contributed by atoms with Crippen LogP contribution >= 0.6 is 39.3 Å². The van der Waals surface area contributed by atoms with Gasteiger partial charge in [-0.15, -0.1) is 0 Å². The van der Waals surface area contributed by atoms with Crippen molar-refractivity contribution in [1.29, 1.82) is 0 Å². The molecule has 0 N–H and O–H groups in total. The number of carbonyl (C=O) groups excluding carboxylic acids is 1. The molecular formula is C13H8BrClOS. The van der Waals surface area contributed by atoms with Crippen molar-refractivity contribution in [1.82, 2.24) is 0 Å². The van der Waals surface area contributed by atoms with Crippen molar-refractivity contribution in [2.75, 3.05) is 0 Å². The van der Waals surface area contributed by atoms with Gasteiger partial charge in [0.1, 0.15) is 0 Å². The van der Waals surface area contributed by atoms with E-state index in [1.54, 1.807) is 17.8 Å². The summed E-state index contributed by atoms with van der Waals surface area (Å²) in [7, 11) is 0. The Kier molecular flexibility index (Phi) is 4.26. The minimum atomic E-state index is 0.688. The Morgan fingerprint density at radius 2 is 1.82 bits per heavy atom. The fraction of sp³-hybridized carbons (Fsp3) is 0. The quantitative estimate of drug-likeness (QED) is 0.732. The minimum Gasteiger partial charge on any atom is -0.298 e. The van der Waals surface area contributed by atoms with Crippen LogP contribution in [0.15, 0.2) is 56.7 Å². The second-order valence-corrected chi connectivity index (χ2v) is 5.82. The van der Waals surface area contributed by atoms with Gasteiger partial charge in [0.15, 0.2) is 6.29 Å². The lowest BCUT2D eigenvalue weighted by molar-refractivity contribution is 0.112. The first-order valence-corrected chi connectivity index (χ1v) is 6.86. The minimum absolute atomic E-state index is 0.688. The first-order valence-electron chi connectivity index (χ1n) is 4.87. The number of rotatable bonds is 3. The van der Waals surface area contributed by atoms with Gasteiger partial charge in [-0.3, -0.25) is 4.79 Å². The van der Waals surface area contributed by atoms with E-state index in [1.807, 2.05) is 36.4 Å². The fourth-order valence-corrected chi connectivity index (χ4v) is 2.91. The molecule has 86 valence electrons. The molecule has 2 aromatic carbocycles. The van der Waals surface area contributed by atoms with Crippen LogP contribution in [0.3, 0.4) is 0 Å². The predicted molar refractivity (Wildman–Crippen MR) is 75.1 cm³/mol. The highest BCUT2D eigenvalue weighted by Crippen LogP contribution is 2.32. The Labute approximate surface area is 117 Å². The third-order valence-electron chi connectivity index (χ3n) is 2.14. The molecule has 0 heterocycles.